The number of urea groups is 1. The summed E-state index contributed by atoms with van der Waals surface area (Å²) in [5, 5.41) is 1.44. The van der Waals surface area contributed by atoms with E-state index in [-0.39, 0.29) is 17.5 Å². The van der Waals surface area contributed by atoms with Crippen molar-refractivity contribution >= 4 is 18.0 Å². The zero-order chi connectivity index (χ0) is 20.1. The number of ether oxygens (including phenoxy) is 1. The molecule has 3 aliphatic rings. The molecule has 1 spiro atoms. The van der Waals surface area contributed by atoms with Gasteiger partial charge in [-0.15, -0.1) is 0 Å². The molecule has 7 heteroatoms. The first-order valence-corrected chi connectivity index (χ1v) is 9.74. The van der Waals surface area contributed by atoms with Crippen molar-refractivity contribution in [1.82, 2.24) is 9.96 Å². The Morgan fingerprint density at radius 3 is 2.46 bits per heavy atom. The number of hydroxylamine groups is 2. The molecule has 3 fully saturated rings. The Hall–Kier alpha value is -2.41. The molecule has 2 aliphatic heterocycles. The molecule has 0 N–H and O–H groups in total. The summed E-state index contributed by atoms with van der Waals surface area (Å²) in [5.41, 5.74) is 0.0842. The molecule has 28 heavy (non-hydrogen) atoms. The highest BCUT2D eigenvalue weighted by Gasteiger charge is 2.64. The smallest absolute Gasteiger partial charge is 0.345 e. The predicted molar refractivity (Wildman–Crippen MR) is 99.6 cm³/mol. The number of fused-ring (bicyclic) bond motifs is 3. The van der Waals surface area contributed by atoms with Crippen LogP contribution in [0.4, 0.5) is 4.79 Å². The summed E-state index contributed by atoms with van der Waals surface area (Å²) >= 11 is 0. The fourth-order valence-corrected chi connectivity index (χ4v) is 4.02. The Morgan fingerprint density at radius 1 is 1.18 bits per heavy atom. The largest absolute Gasteiger partial charge is 0.391 e. The second-order valence-corrected chi connectivity index (χ2v) is 9.08. The number of hydrogen-bond donors (Lipinski definition) is 0. The predicted octanol–water partition coefficient (Wildman–Crippen LogP) is 2.89. The van der Waals surface area contributed by atoms with Gasteiger partial charge in [-0.3, -0.25) is 9.63 Å². The van der Waals surface area contributed by atoms with E-state index in [1.54, 1.807) is 20.8 Å². The molecule has 0 aromatic heterocycles. The van der Waals surface area contributed by atoms with Gasteiger partial charge >= 0.3 is 18.0 Å². The third-order valence-electron chi connectivity index (χ3n) is 5.95. The van der Waals surface area contributed by atoms with Gasteiger partial charge in [-0.1, -0.05) is 30.3 Å². The zero-order valence-corrected chi connectivity index (χ0v) is 16.5. The van der Waals surface area contributed by atoms with E-state index in [9.17, 15) is 14.4 Å². The van der Waals surface area contributed by atoms with E-state index in [1.165, 1.54) is 9.96 Å². The summed E-state index contributed by atoms with van der Waals surface area (Å²) in [6.45, 7) is 5.81. The standard InChI is InChI=1S/C21H26N2O5/c1-20(2,3)18(25)28-17(24)15-11-21(9-10-21)16-12-22(15)19(26)23(16)27-13-14-7-5-4-6-8-14/h4-8,15-16H,9-13H2,1-3H3/t15-,16-/m0/s1. The first kappa shape index (κ1) is 18.9. The van der Waals surface area contributed by atoms with Crippen molar-refractivity contribution in [2.75, 3.05) is 6.54 Å². The van der Waals surface area contributed by atoms with E-state index in [4.69, 9.17) is 9.57 Å². The van der Waals surface area contributed by atoms with Gasteiger partial charge in [-0.2, -0.15) is 5.06 Å². The van der Waals surface area contributed by atoms with Crippen LogP contribution in [0.1, 0.15) is 45.6 Å². The Balaban J connectivity index is 1.48. The second-order valence-electron chi connectivity index (χ2n) is 9.08. The Bertz CT molecular complexity index is 797. The van der Waals surface area contributed by atoms with Gasteiger partial charge in [0, 0.05) is 6.54 Å². The maximum atomic E-state index is 13.0. The summed E-state index contributed by atoms with van der Waals surface area (Å²) < 4.78 is 5.11. The van der Waals surface area contributed by atoms with E-state index < -0.39 is 23.4 Å². The number of carbonyl (C=O) groups is 3. The Morgan fingerprint density at radius 2 is 1.86 bits per heavy atom. The molecule has 4 rings (SSSR count). The van der Waals surface area contributed by atoms with Gasteiger partial charge in [0.05, 0.1) is 11.5 Å². The van der Waals surface area contributed by atoms with Gasteiger partial charge in [-0.05, 0) is 51.0 Å². The maximum Gasteiger partial charge on any atom is 0.345 e. The molecule has 7 nitrogen and oxygen atoms in total. The molecule has 1 saturated carbocycles. The summed E-state index contributed by atoms with van der Waals surface area (Å²) in [6, 6.07) is 8.54. The minimum absolute atomic E-state index is 0.0638. The van der Waals surface area contributed by atoms with Crippen LogP contribution in [0.2, 0.25) is 0 Å². The minimum Gasteiger partial charge on any atom is -0.391 e. The van der Waals surface area contributed by atoms with Gasteiger partial charge in [0.25, 0.3) is 0 Å². The van der Waals surface area contributed by atoms with Crippen LogP contribution >= 0.6 is 0 Å². The molecular weight excluding hydrogens is 360 g/mol. The Labute approximate surface area is 164 Å². The van der Waals surface area contributed by atoms with Gasteiger partial charge in [0.15, 0.2) is 0 Å². The van der Waals surface area contributed by atoms with Crippen molar-refractivity contribution in [2.24, 2.45) is 10.8 Å². The van der Waals surface area contributed by atoms with Crippen LogP contribution in [0.5, 0.6) is 0 Å². The fourth-order valence-electron chi connectivity index (χ4n) is 4.02. The van der Waals surface area contributed by atoms with Crippen LogP contribution in [-0.4, -0.2) is 46.6 Å². The normalized spacial score (nSPS) is 25.2. The average Bonchev–Trinajstić information content (AvgIpc) is 3.36. The van der Waals surface area contributed by atoms with E-state index in [2.05, 4.69) is 0 Å². The number of benzene rings is 1. The molecule has 2 saturated heterocycles. The zero-order valence-electron chi connectivity index (χ0n) is 16.5. The van der Waals surface area contributed by atoms with Crippen LogP contribution in [-0.2, 0) is 25.8 Å². The quantitative estimate of drug-likeness (QED) is 0.587. The minimum atomic E-state index is -0.774. The second kappa shape index (κ2) is 6.58. The van der Waals surface area contributed by atoms with Crippen molar-refractivity contribution in [3.63, 3.8) is 0 Å². The molecule has 2 heterocycles. The van der Waals surface area contributed by atoms with Crippen LogP contribution in [0, 0.1) is 10.8 Å². The lowest BCUT2D eigenvalue weighted by atomic mass is 9.85. The lowest BCUT2D eigenvalue weighted by Crippen LogP contribution is -2.50. The molecule has 2 atom stereocenters. The van der Waals surface area contributed by atoms with Gasteiger partial charge in [0.1, 0.15) is 12.6 Å². The monoisotopic (exact) mass is 386 g/mol. The molecule has 1 aliphatic carbocycles. The number of piperidine rings is 1. The third kappa shape index (κ3) is 3.28. The van der Waals surface area contributed by atoms with Gasteiger partial charge in [0.2, 0.25) is 0 Å². The first-order valence-electron chi connectivity index (χ1n) is 9.74. The van der Waals surface area contributed by atoms with Crippen LogP contribution in [0.25, 0.3) is 0 Å². The SMILES string of the molecule is CC(C)(C)C(=O)OC(=O)[C@@H]1CC2(CC2)[C@@H]2CN1C(=O)N2OCc1ccccc1. The third-order valence-corrected chi connectivity index (χ3v) is 5.95. The summed E-state index contributed by atoms with van der Waals surface area (Å²) in [6.07, 6.45) is 2.41. The van der Waals surface area contributed by atoms with Crippen molar-refractivity contribution < 1.29 is 24.0 Å². The highest BCUT2D eigenvalue weighted by Crippen LogP contribution is 2.59. The Kier molecular flexibility index (Phi) is 4.45. The number of carbonyl (C=O) groups excluding carboxylic acids is 3. The van der Waals surface area contributed by atoms with Crippen molar-refractivity contribution in [2.45, 2.75) is 58.7 Å². The van der Waals surface area contributed by atoms with Gasteiger partial charge < -0.3 is 9.64 Å². The average molecular weight is 386 g/mol. The summed E-state index contributed by atoms with van der Waals surface area (Å²) in [7, 11) is 0. The van der Waals surface area contributed by atoms with Crippen LogP contribution < -0.4 is 0 Å². The highest BCUT2D eigenvalue weighted by atomic mass is 16.7. The lowest BCUT2D eigenvalue weighted by Gasteiger charge is -2.35. The van der Waals surface area contributed by atoms with Crippen LogP contribution in [0.15, 0.2) is 30.3 Å². The number of hydrogen-bond acceptors (Lipinski definition) is 5. The fraction of sp³-hybridized carbons (Fsp3) is 0.571. The number of amides is 2. The molecule has 0 radical (unpaired) electrons. The molecule has 0 unspecified atom stereocenters. The van der Waals surface area contributed by atoms with Crippen molar-refractivity contribution in [3.8, 4) is 0 Å². The summed E-state index contributed by atoms with van der Waals surface area (Å²) in [5.74, 6) is -1.21. The molecular formula is C21H26N2O5. The van der Waals surface area contributed by atoms with Crippen molar-refractivity contribution in [3.05, 3.63) is 35.9 Å². The van der Waals surface area contributed by atoms with Crippen molar-refractivity contribution in [1.29, 1.82) is 0 Å². The van der Waals surface area contributed by atoms with E-state index in [0.717, 1.165) is 18.4 Å². The molecule has 150 valence electrons. The first-order chi connectivity index (χ1) is 13.2. The van der Waals surface area contributed by atoms with E-state index >= 15 is 0 Å². The van der Waals surface area contributed by atoms with Crippen LogP contribution in [0.3, 0.4) is 0 Å². The molecule has 1 aromatic carbocycles. The molecule has 2 bridgehead atoms. The lowest BCUT2D eigenvalue weighted by molar-refractivity contribution is -0.170. The highest BCUT2D eigenvalue weighted by molar-refractivity contribution is 5.93. The summed E-state index contributed by atoms with van der Waals surface area (Å²) in [4.78, 5) is 45.1. The van der Waals surface area contributed by atoms with E-state index in [1.807, 2.05) is 30.3 Å². The van der Waals surface area contributed by atoms with E-state index in [0.29, 0.717) is 19.6 Å². The number of rotatable bonds is 4. The number of nitrogens with zero attached hydrogens (tertiary/aromatic N) is 2. The van der Waals surface area contributed by atoms with Gasteiger partial charge in [-0.25, -0.2) is 9.59 Å². The molecule has 1 aromatic rings. The number of esters is 2. The topological polar surface area (TPSA) is 76.2 Å². The maximum absolute atomic E-state index is 13.0. The molecule has 2 amide bonds.